The summed E-state index contributed by atoms with van der Waals surface area (Å²) in [6.07, 6.45) is 3.88. The van der Waals surface area contributed by atoms with Crippen LogP contribution in [0.1, 0.15) is 30.5 Å². The van der Waals surface area contributed by atoms with Crippen LogP contribution in [0.5, 0.6) is 0 Å². The monoisotopic (exact) mass is 272 g/mol. The molecule has 0 unspecified atom stereocenters. The number of thiocarbonyl (C=S) groups is 1. The van der Waals surface area contributed by atoms with Crippen LogP contribution in [0.15, 0.2) is 24.3 Å². The molecular weight excluding hydrogens is 252 g/mol. The Kier molecular flexibility index (Phi) is 3.31. The highest BCUT2D eigenvalue weighted by Crippen LogP contribution is 2.27. The lowest BCUT2D eigenvalue weighted by atomic mass is 10.1. The maximum Gasteiger partial charge on any atom is 0.111 e. The van der Waals surface area contributed by atoms with Crippen molar-refractivity contribution < 1.29 is 0 Å². The molecule has 1 aliphatic rings. The summed E-state index contributed by atoms with van der Waals surface area (Å²) in [7, 11) is 2.12. The van der Waals surface area contributed by atoms with Crippen molar-refractivity contribution in [3.8, 4) is 0 Å². The largest absolute Gasteiger partial charge is 0.362 e. The van der Waals surface area contributed by atoms with Crippen molar-refractivity contribution >= 4 is 28.1 Å². The highest BCUT2D eigenvalue weighted by Gasteiger charge is 2.21. The van der Waals surface area contributed by atoms with Crippen LogP contribution in [0.4, 0.5) is 0 Å². The van der Waals surface area contributed by atoms with Crippen molar-refractivity contribution in [1.82, 2.24) is 9.47 Å². The third-order valence-corrected chi connectivity index (χ3v) is 4.72. The van der Waals surface area contributed by atoms with E-state index < -0.39 is 0 Å². The Labute approximate surface area is 120 Å². The molecular formula is C16H20N2S. The fraction of sp³-hybridized carbons (Fsp3) is 0.438. The molecule has 2 heterocycles. The van der Waals surface area contributed by atoms with Gasteiger partial charge in [0.05, 0.1) is 0 Å². The maximum atomic E-state index is 5.78. The van der Waals surface area contributed by atoms with Gasteiger partial charge >= 0.3 is 0 Å². The fourth-order valence-corrected chi connectivity index (χ4v) is 3.49. The number of hydrogen-bond acceptors (Lipinski definition) is 1. The lowest BCUT2D eigenvalue weighted by Gasteiger charge is -2.29. The van der Waals surface area contributed by atoms with Crippen LogP contribution in [-0.2, 0) is 7.05 Å². The second kappa shape index (κ2) is 4.97. The van der Waals surface area contributed by atoms with E-state index in [2.05, 4.69) is 47.7 Å². The van der Waals surface area contributed by atoms with Gasteiger partial charge in [0, 0.05) is 42.3 Å². The summed E-state index contributed by atoms with van der Waals surface area (Å²) in [6.45, 7) is 4.40. The Morgan fingerprint density at radius 2 is 1.79 bits per heavy atom. The second-order valence-corrected chi connectivity index (χ2v) is 5.78. The van der Waals surface area contributed by atoms with Crippen molar-refractivity contribution in [2.45, 2.75) is 26.2 Å². The van der Waals surface area contributed by atoms with E-state index >= 15 is 0 Å². The molecule has 0 N–H and O–H groups in total. The van der Waals surface area contributed by atoms with Gasteiger partial charge in [0.15, 0.2) is 0 Å². The molecule has 1 aromatic heterocycles. The molecule has 0 radical (unpaired) electrons. The summed E-state index contributed by atoms with van der Waals surface area (Å²) in [5.74, 6) is 0. The first-order chi connectivity index (χ1) is 9.20. The highest BCUT2D eigenvalue weighted by atomic mass is 32.1. The van der Waals surface area contributed by atoms with E-state index in [1.165, 1.54) is 41.4 Å². The van der Waals surface area contributed by atoms with Gasteiger partial charge < -0.3 is 9.47 Å². The number of aryl methyl sites for hydroxylation is 1. The number of rotatable bonds is 1. The number of para-hydroxylation sites is 1. The third kappa shape index (κ3) is 2.06. The third-order valence-electron chi connectivity index (χ3n) is 4.26. The Balaban J connectivity index is 2.09. The first-order valence-electron chi connectivity index (χ1n) is 7.03. The molecule has 2 nitrogen and oxygen atoms in total. The molecule has 1 aromatic carbocycles. The summed E-state index contributed by atoms with van der Waals surface area (Å²) in [6, 6.07) is 8.55. The zero-order chi connectivity index (χ0) is 13.4. The molecule has 0 amide bonds. The number of fused-ring (bicyclic) bond motifs is 1. The van der Waals surface area contributed by atoms with E-state index in [4.69, 9.17) is 12.2 Å². The topological polar surface area (TPSA) is 8.17 Å². The van der Waals surface area contributed by atoms with Gasteiger partial charge in [-0.2, -0.15) is 0 Å². The second-order valence-electron chi connectivity index (χ2n) is 5.39. The average molecular weight is 272 g/mol. The van der Waals surface area contributed by atoms with E-state index in [1.54, 1.807) is 0 Å². The van der Waals surface area contributed by atoms with Gasteiger partial charge in [-0.05, 0) is 32.3 Å². The van der Waals surface area contributed by atoms with E-state index in [0.717, 1.165) is 18.1 Å². The van der Waals surface area contributed by atoms with E-state index in [-0.39, 0.29) is 0 Å². The first kappa shape index (κ1) is 12.7. The number of benzene rings is 1. The lowest BCUT2D eigenvalue weighted by Crippen LogP contribution is -2.35. The Morgan fingerprint density at radius 3 is 2.53 bits per heavy atom. The molecule has 3 rings (SSSR count). The van der Waals surface area contributed by atoms with Crippen LogP contribution in [0, 0.1) is 6.92 Å². The van der Waals surface area contributed by atoms with E-state index in [9.17, 15) is 0 Å². The standard InChI is InChI=1S/C16H20N2S/c1-12-15(16(19)18-10-6-3-7-11-18)13-8-4-5-9-14(13)17(12)2/h4-5,8-9H,3,6-7,10-11H2,1-2H3. The number of aromatic nitrogens is 1. The molecule has 1 aliphatic heterocycles. The number of nitrogens with zero attached hydrogens (tertiary/aromatic N) is 2. The van der Waals surface area contributed by atoms with Gasteiger partial charge in [0.25, 0.3) is 0 Å². The highest BCUT2D eigenvalue weighted by molar-refractivity contribution is 7.80. The van der Waals surface area contributed by atoms with Gasteiger partial charge in [0.2, 0.25) is 0 Å². The molecule has 0 aliphatic carbocycles. The quantitative estimate of drug-likeness (QED) is 0.732. The molecule has 0 bridgehead atoms. The van der Waals surface area contributed by atoms with Crippen molar-refractivity contribution in [2.24, 2.45) is 7.05 Å². The Bertz CT molecular complexity index is 621. The fourth-order valence-electron chi connectivity index (χ4n) is 3.05. The number of likely N-dealkylation sites (tertiary alicyclic amines) is 1. The minimum Gasteiger partial charge on any atom is -0.362 e. The molecule has 0 spiro atoms. The van der Waals surface area contributed by atoms with E-state index in [1.807, 2.05) is 0 Å². The molecule has 0 saturated carbocycles. The number of hydrogen-bond donors (Lipinski definition) is 0. The van der Waals surface area contributed by atoms with Crippen LogP contribution < -0.4 is 0 Å². The number of piperidine rings is 1. The van der Waals surface area contributed by atoms with Crippen molar-refractivity contribution in [3.05, 3.63) is 35.5 Å². The SMILES string of the molecule is Cc1c(C(=S)N2CCCCC2)c2ccccc2n1C. The van der Waals surface area contributed by atoms with Gasteiger partial charge in [-0.1, -0.05) is 30.4 Å². The van der Waals surface area contributed by atoms with Gasteiger partial charge in [-0.25, -0.2) is 0 Å². The molecule has 3 heteroatoms. The Hall–Kier alpha value is -1.35. The predicted octanol–water partition coefficient (Wildman–Crippen LogP) is 3.65. The molecule has 100 valence electrons. The van der Waals surface area contributed by atoms with Crippen LogP contribution in [0.25, 0.3) is 10.9 Å². The summed E-state index contributed by atoms with van der Waals surface area (Å²) in [4.78, 5) is 3.42. The van der Waals surface area contributed by atoms with Crippen molar-refractivity contribution in [1.29, 1.82) is 0 Å². The zero-order valence-electron chi connectivity index (χ0n) is 11.6. The lowest BCUT2D eigenvalue weighted by molar-refractivity contribution is 0.347. The molecule has 0 atom stereocenters. The van der Waals surface area contributed by atoms with Gasteiger partial charge in [-0.3, -0.25) is 0 Å². The average Bonchev–Trinajstić information content (AvgIpc) is 2.72. The summed E-state index contributed by atoms with van der Waals surface area (Å²) in [5, 5.41) is 1.29. The maximum absolute atomic E-state index is 5.78. The van der Waals surface area contributed by atoms with Crippen molar-refractivity contribution in [3.63, 3.8) is 0 Å². The molecule has 1 saturated heterocycles. The molecule has 1 fully saturated rings. The minimum atomic E-state index is 1.04. The first-order valence-corrected chi connectivity index (χ1v) is 7.44. The zero-order valence-corrected chi connectivity index (χ0v) is 12.5. The molecule has 2 aromatic rings. The van der Waals surface area contributed by atoms with Crippen molar-refractivity contribution in [2.75, 3.05) is 13.1 Å². The van der Waals surface area contributed by atoms with Gasteiger partial charge in [-0.15, -0.1) is 0 Å². The van der Waals surface area contributed by atoms with E-state index in [0.29, 0.717) is 0 Å². The van der Waals surface area contributed by atoms with Crippen LogP contribution in [0.2, 0.25) is 0 Å². The van der Waals surface area contributed by atoms with Gasteiger partial charge in [0.1, 0.15) is 4.99 Å². The van der Waals surface area contributed by atoms with Crippen LogP contribution in [-0.4, -0.2) is 27.5 Å². The van der Waals surface area contributed by atoms with Crippen LogP contribution >= 0.6 is 12.2 Å². The summed E-state index contributed by atoms with van der Waals surface area (Å²) >= 11 is 5.78. The van der Waals surface area contributed by atoms with Crippen LogP contribution in [0.3, 0.4) is 0 Å². The summed E-state index contributed by atoms with van der Waals surface area (Å²) < 4.78 is 2.25. The predicted molar refractivity (Wildman–Crippen MR) is 84.8 cm³/mol. The summed E-state index contributed by atoms with van der Waals surface area (Å²) in [5.41, 5.74) is 3.81. The molecule has 19 heavy (non-hydrogen) atoms. The minimum absolute atomic E-state index is 1.04. The smallest absolute Gasteiger partial charge is 0.111 e. The normalized spacial score (nSPS) is 16.0. The Morgan fingerprint density at radius 1 is 1.11 bits per heavy atom.